The molecule has 0 aliphatic rings. The Balaban J connectivity index is 2.43. The van der Waals surface area contributed by atoms with Crippen molar-refractivity contribution in [2.75, 3.05) is 20.6 Å². The summed E-state index contributed by atoms with van der Waals surface area (Å²) in [6.07, 6.45) is 3.53. The average Bonchev–Trinajstić information content (AvgIpc) is 2.82. The van der Waals surface area contributed by atoms with E-state index >= 15 is 0 Å². The number of likely N-dealkylation sites (N-methyl/N-ethyl adjacent to an activating group) is 1. The van der Waals surface area contributed by atoms with E-state index in [0.29, 0.717) is 6.42 Å². The zero-order valence-electron chi connectivity index (χ0n) is 12.5. The van der Waals surface area contributed by atoms with Crippen molar-refractivity contribution in [1.29, 1.82) is 0 Å². The SMILES string of the molecule is CCC(N)C(=O)n1cc(CCN(C)C)c2ccccc21. The molecule has 1 aromatic heterocycles. The lowest BCUT2D eigenvalue weighted by atomic mass is 10.1. The van der Waals surface area contributed by atoms with Crippen molar-refractivity contribution in [3.63, 3.8) is 0 Å². The van der Waals surface area contributed by atoms with Gasteiger partial charge in [-0.25, -0.2) is 0 Å². The van der Waals surface area contributed by atoms with Crippen LogP contribution in [0.25, 0.3) is 10.9 Å². The van der Waals surface area contributed by atoms with Gasteiger partial charge < -0.3 is 10.6 Å². The van der Waals surface area contributed by atoms with Crippen molar-refractivity contribution in [1.82, 2.24) is 9.47 Å². The van der Waals surface area contributed by atoms with Gasteiger partial charge in [-0.05, 0) is 38.6 Å². The number of benzene rings is 1. The van der Waals surface area contributed by atoms with E-state index in [0.717, 1.165) is 23.9 Å². The summed E-state index contributed by atoms with van der Waals surface area (Å²) in [5.74, 6) is -0.0280. The fourth-order valence-electron chi connectivity index (χ4n) is 2.33. The van der Waals surface area contributed by atoms with Crippen LogP contribution in [0.5, 0.6) is 0 Å². The van der Waals surface area contributed by atoms with Gasteiger partial charge in [0.2, 0.25) is 5.91 Å². The zero-order valence-corrected chi connectivity index (χ0v) is 12.5. The first-order valence-corrected chi connectivity index (χ1v) is 7.08. The summed E-state index contributed by atoms with van der Waals surface area (Å²) in [6, 6.07) is 7.58. The van der Waals surface area contributed by atoms with Gasteiger partial charge in [0, 0.05) is 18.1 Å². The van der Waals surface area contributed by atoms with Crippen molar-refractivity contribution in [2.24, 2.45) is 5.73 Å². The number of rotatable bonds is 5. The quantitative estimate of drug-likeness (QED) is 0.908. The summed E-state index contributed by atoms with van der Waals surface area (Å²) in [7, 11) is 4.11. The van der Waals surface area contributed by atoms with Crippen molar-refractivity contribution in [2.45, 2.75) is 25.8 Å². The average molecular weight is 273 g/mol. The van der Waals surface area contributed by atoms with E-state index in [-0.39, 0.29) is 5.91 Å². The van der Waals surface area contributed by atoms with E-state index in [1.54, 1.807) is 4.57 Å². The molecule has 4 nitrogen and oxygen atoms in total. The molecule has 0 aliphatic heterocycles. The molecule has 0 bridgehead atoms. The van der Waals surface area contributed by atoms with Crippen molar-refractivity contribution >= 4 is 16.8 Å². The number of nitrogens with two attached hydrogens (primary N) is 1. The highest BCUT2D eigenvalue weighted by Gasteiger charge is 2.17. The third-order valence-electron chi connectivity index (χ3n) is 3.62. The third-order valence-corrected chi connectivity index (χ3v) is 3.62. The topological polar surface area (TPSA) is 51.3 Å². The van der Waals surface area contributed by atoms with Crippen molar-refractivity contribution < 1.29 is 4.79 Å². The predicted molar refractivity (Wildman–Crippen MR) is 83.1 cm³/mol. The van der Waals surface area contributed by atoms with Gasteiger partial charge in [0.25, 0.3) is 0 Å². The summed E-state index contributed by atoms with van der Waals surface area (Å²) in [4.78, 5) is 14.5. The maximum absolute atomic E-state index is 12.4. The molecule has 4 heteroatoms. The molecule has 1 unspecified atom stereocenters. The van der Waals surface area contributed by atoms with Gasteiger partial charge in [-0.1, -0.05) is 25.1 Å². The molecule has 0 saturated heterocycles. The standard InChI is InChI=1S/C16H23N3O/c1-4-14(17)16(20)19-11-12(9-10-18(2)3)13-7-5-6-8-15(13)19/h5-8,11,14H,4,9-10,17H2,1-3H3. The van der Waals surface area contributed by atoms with Crippen LogP contribution in [0.4, 0.5) is 0 Å². The molecule has 2 aromatic rings. The van der Waals surface area contributed by atoms with Crippen LogP contribution in [-0.2, 0) is 6.42 Å². The molecular weight excluding hydrogens is 250 g/mol. The lowest BCUT2D eigenvalue weighted by Gasteiger charge is -2.09. The van der Waals surface area contributed by atoms with E-state index in [1.165, 1.54) is 5.56 Å². The Bertz CT molecular complexity index is 601. The lowest BCUT2D eigenvalue weighted by molar-refractivity contribution is 0.0882. The van der Waals surface area contributed by atoms with Crippen LogP contribution in [-0.4, -0.2) is 42.1 Å². The second kappa shape index (κ2) is 6.20. The molecular formula is C16H23N3O. The molecule has 2 N–H and O–H groups in total. The molecule has 1 atom stereocenters. The Morgan fingerprint density at radius 2 is 2.05 bits per heavy atom. The molecule has 108 valence electrons. The molecule has 0 spiro atoms. The summed E-state index contributed by atoms with van der Waals surface area (Å²) in [5.41, 5.74) is 8.05. The molecule has 0 aliphatic carbocycles. The minimum atomic E-state index is -0.437. The first-order valence-electron chi connectivity index (χ1n) is 7.08. The van der Waals surface area contributed by atoms with Crippen molar-refractivity contribution in [3.8, 4) is 0 Å². The predicted octanol–water partition coefficient (Wildman–Crippen LogP) is 2.12. The van der Waals surface area contributed by atoms with Crippen LogP contribution in [0.3, 0.4) is 0 Å². The van der Waals surface area contributed by atoms with E-state index in [2.05, 4.69) is 25.1 Å². The highest BCUT2D eigenvalue weighted by Crippen LogP contribution is 2.22. The fourth-order valence-corrected chi connectivity index (χ4v) is 2.33. The summed E-state index contributed by atoms with van der Waals surface area (Å²) < 4.78 is 1.72. The molecule has 0 fully saturated rings. The van der Waals surface area contributed by atoms with Crippen LogP contribution in [0.1, 0.15) is 23.7 Å². The Morgan fingerprint density at radius 3 is 2.70 bits per heavy atom. The Labute approximate surface area is 120 Å². The van der Waals surface area contributed by atoms with Crippen LogP contribution >= 0.6 is 0 Å². The lowest BCUT2D eigenvalue weighted by Crippen LogP contribution is -2.33. The molecule has 1 aromatic carbocycles. The third kappa shape index (κ3) is 2.92. The number of carbonyl (C=O) groups is 1. The highest BCUT2D eigenvalue weighted by atomic mass is 16.2. The minimum absolute atomic E-state index is 0.0280. The van der Waals surface area contributed by atoms with Gasteiger partial charge in [0.1, 0.15) is 0 Å². The summed E-state index contributed by atoms with van der Waals surface area (Å²) in [6.45, 7) is 2.89. The number of aromatic nitrogens is 1. The number of carbonyl (C=O) groups excluding carboxylic acids is 1. The number of para-hydroxylation sites is 1. The molecule has 0 amide bonds. The first-order chi connectivity index (χ1) is 9.54. The van der Waals surface area contributed by atoms with Crippen LogP contribution in [0.2, 0.25) is 0 Å². The highest BCUT2D eigenvalue weighted by molar-refractivity contribution is 5.96. The van der Waals surface area contributed by atoms with Crippen molar-refractivity contribution in [3.05, 3.63) is 36.0 Å². The largest absolute Gasteiger partial charge is 0.320 e. The van der Waals surface area contributed by atoms with E-state index in [1.807, 2.05) is 31.3 Å². The normalized spacial score (nSPS) is 13.1. The molecule has 0 radical (unpaired) electrons. The summed E-state index contributed by atoms with van der Waals surface area (Å²) >= 11 is 0. The van der Waals surface area contributed by atoms with E-state index in [9.17, 15) is 4.79 Å². The fraction of sp³-hybridized carbons (Fsp3) is 0.438. The van der Waals surface area contributed by atoms with Crippen LogP contribution < -0.4 is 5.73 Å². The van der Waals surface area contributed by atoms with E-state index in [4.69, 9.17) is 5.73 Å². The number of fused-ring (bicyclic) bond motifs is 1. The molecule has 1 heterocycles. The van der Waals surface area contributed by atoms with Crippen LogP contribution in [0.15, 0.2) is 30.5 Å². The molecule has 20 heavy (non-hydrogen) atoms. The molecule has 0 saturated carbocycles. The second-order valence-electron chi connectivity index (χ2n) is 5.45. The molecule has 2 rings (SSSR count). The Morgan fingerprint density at radius 1 is 1.35 bits per heavy atom. The maximum Gasteiger partial charge on any atom is 0.247 e. The number of hydrogen-bond donors (Lipinski definition) is 1. The summed E-state index contributed by atoms with van der Waals surface area (Å²) in [5, 5.41) is 1.14. The minimum Gasteiger partial charge on any atom is -0.320 e. The van der Waals surface area contributed by atoms with Crippen LogP contribution in [0, 0.1) is 0 Å². The van der Waals surface area contributed by atoms with Gasteiger partial charge in [-0.3, -0.25) is 9.36 Å². The van der Waals surface area contributed by atoms with Gasteiger partial charge in [0.15, 0.2) is 0 Å². The van der Waals surface area contributed by atoms with Gasteiger partial charge >= 0.3 is 0 Å². The Hall–Kier alpha value is -1.65. The second-order valence-corrected chi connectivity index (χ2v) is 5.45. The van der Waals surface area contributed by atoms with Gasteiger partial charge in [-0.2, -0.15) is 0 Å². The number of nitrogens with zero attached hydrogens (tertiary/aromatic N) is 2. The van der Waals surface area contributed by atoms with E-state index < -0.39 is 6.04 Å². The van der Waals surface area contributed by atoms with Gasteiger partial charge in [-0.15, -0.1) is 0 Å². The number of hydrogen-bond acceptors (Lipinski definition) is 3. The monoisotopic (exact) mass is 273 g/mol. The maximum atomic E-state index is 12.4. The Kier molecular flexibility index (Phi) is 4.57. The zero-order chi connectivity index (χ0) is 14.7. The van der Waals surface area contributed by atoms with Gasteiger partial charge in [0.05, 0.1) is 11.6 Å². The first kappa shape index (κ1) is 14.8. The smallest absolute Gasteiger partial charge is 0.247 e.